The van der Waals surface area contributed by atoms with Gasteiger partial charge in [0.2, 0.25) is 5.55 Å². The fraction of sp³-hybridized carbons (Fsp3) is 0.304. The van der Waals surface area contributed by atoms with Gasteiger partial charge in [-0.05, 0) is 62.2 Å². The molecule has 0 saturated heterocycles. The molecule has 3 aromatic rings. The molecule has 4 rings (SSSR count). The lowest BCUT2D eigenvalue weighted by molar-refractivity contribution is 0.0923. The first-order chi connectivity index (χ1) is 14.1. The van der Waals surface area contributed by atoms with Crippen LogP contribution in [0.15, 0.2) is 62.5 Å². The molecule has 1 heterocycles. The van der Waals surface area contributed by atoms with Crippen molar-refractivity contribution < 1.29 is 9.21 Å². The lowest BCUT2D eigenvalue weighted by Crippen LogP contribution is -2.38. The fourth-order valence-electron chi connectivity index (χ4n) is 3.65. The summed E-state index contributed by atoms with van der Waals surface area (Å²) in [6, 6.07) is 15.7. The number of carbonyl (C=O) groups excluding carboxylic acids is 1. The largest absolute Gasteiger partial charge is 0.436 e. The highest BCUT2D eigenvalue weighted by Gasteiger charge is 2.19. The SMILES string of the molecule is Cc1ccc2o/c(=N/Nc3ccc(Br)cc3)c(C(=O)NC3CCCCC3)cc2c1. The van der Waals surface area contributed by atoms with Crippen molar-refractivity contribution >= 4 is 38.5 Å². The summed E-state index contributed by atoms with van der Waals surface area (Å²) in [5, 5.41) is 8.46. The van der Waals surface area contributed by atoms with Crippen LogP contribution in [0.25, 0.3) is 11.0 Å². The molecule has 2 N–H and O–H groups in total. The number of rotatable bonds is 4. The van der Waals surface area contributed by atoms with Gasteiger partial charge < -0.3 is 9.73 Å². The number of nitrogens with zero attached hydrogens (tertiary/aromatic N) is 1. The van der Waals surface area contributed by atoms with E-state index in [2.05, 4.69) is 31.8 Å². The van der Waals surface area contributed by atoms with Crippen LogP contribution < -0.4 is 16.3 Å². The first-order valence-electron chi connectivity index (χ1n) is 9.99. The lowest BCUT2D eigenvalue weighted by Gasteiger charge is -2.22. The maximum Gasteiger partial charge on any atom is 0.257 e. The number of anilines is 1. The molecule has 0 aliphatic heterocycles. The number of hydrogen-bond donors (Lipinski definition) is 2. The summed E-state index contributed by atoms with van der Waals surface area (Å²) in [6.07, 6.45) is 5.62. The van der Waals surface area contributed by atoms with E-state index in [9.17, 15) is 4.79 Å². The zero-order valence-electron chi connectivity index (χ0n) is 16.4. The van der Waals surface area contributed by atoms with Crippen LogP contribution in [0.3, 0.4) is 0 Å². The number of hydrogen-bond acceptors (Lipinski definition) is 4. The van der Waals surface area contributed by atoms with E-state index >= 15 is 0 Å². The zero-order chi connectivity index (χ0) is 20.2. The fourth-order valence-corrected chi connectivity index (χ4v) is 3.91. The first kappa shape index (κ1) is 19.7. The number of fused-ring (bicyclic) bond motifs is 1. The Balaban J connectivity index is 1.70. The highest BCUT2D eigenvalue weighted by atomic mass is 79.9. The van der Waals surface area contributed by atoms with Gasteiger partial charge in [0.15, 0.2) is 0 Å². The normalized spacial score (nSPS) is 15.4. The molecule has 0 bridgehead atoms. The molecule has 6 heteroatoms. The van der Waals surface area contributed by atoms with Crippen LogP contribution in [-0.4, -0.2) is 11.9 Å². The van der Waals surface area contributed by atoms with Gasteiger partial charge in [0.05, 0.1) is 5.69 Å². The van der Waals surface area contributed by atoms with Crippen molar-refractivity contribution in [2.75, 3.05) is 5.43 Å². The van der Waals surface area contributed by atoms with Crippen LogP contribution in [0.1, 0.15) is 48.0 Å². The van der Waals surface area contributed by atoms with Gasteiger partial charge in [0.25, 0.3) is 5.91 Å². The predicted molar refractivity (Wildman–Crippen MR) is 119 cm³/mol. The van der Waals surface area contributed by atoms with Crippen LogP contribution in [0, 0.1) is 6.92 Å². The summed E-state index contributed by atoms with van der Waals surface area (Å²) in [4.78, 5) is 13.1. The summed E-state index contributed by atoms with van der Waals surface area (Å²) < 4.78 is 6.99. The van der Waals surface area contributed by atoms with E-state index in [0.717, 1.165) is 46.8 Å². The number of benzene rings is 2. The Labute approximate surface area is 178 Å². The van der Waals surface area contributed by atoms with Crippen LogP contribution in [0.5, 0.6) is 0 Å². The Morgan fingerprint density at radius 1 is 1.07 bits per heavy atom. The Bertz CT molecular complexity index is 1080. The van der Waals surface area contributed by atoms with Gasteiger partial charge in [-0.1, -0.05) is 46.8 Å². The number of halogens is 1. The van der Waals surface area contributed by atoms with Crippen molar-refractivity contribution in [3.05, 3.63) is 69.7 Å². The molecular weight excluding hydrogens is 430 g/mol. The Kier molecular flexibility index (Phi) is 6.00. The Morgan fingerprint density at radius 2 is 1.83 bits per heavy atom. The Morgan fingerprint density at radius 3 is 2.59 bits per heavy atom. The van der Waals surface area contributed by atoms with Gasteiger partial charge in [-0.25, -0.2) is 0 Å². The van der Waals surface area contributed by atoms with Crippen LogP contribution in [0.2, 0.25) is 0 Å². The van der Waals surface area contributed by atoms with Crippen LogP contribution in [-0.2, 0) is 0 Å². The third-order valence-corrected chi connectivity index (χ3v) is 5.75. The van der Waals surface area contributed by atoms with Crippen molar-refractivity contribution in [2.24, 2.45) is 5.10 Å². The zero-order valence-corrected chi connectivity index (χ0v) is 18.0. The van der Waals surface area contributed by atoms with E-state index in [1.807, 2.05) is 55.5 Å². The van der Waals surface area contributed by atoms with Crippen molar-refractivity contribution in [3.8, 4) is 0 Å². The predicted octanol–water partition coefficient (Wildman–Crippen LogP) is 5.49. The number of amides is 1. The molecule has 1 aromatic heterocycles. The van der Waals surface area contributed by atoms with Gasteiger partial charge in [-0.3, -0.25) is 10.2 Å². The summed E-state index contributed by atoms with van der Waals surface area (Å²) in [5.41, 5.74) is 6.33. The Hall–Kier alpha value is -2.60. The molecular formula is C23H24BrN3O2. The van der Waals surface area contributed by atoms with Crippen molar-refractivity contribution in [1.82, 2.24) is 5.32 Å². The molecule has 2 aromatic carbocycles. The number of carbonyl (C=O) groups is 1. The van der Waals surface area contributed by atoms with E-state index in [0.29, 0.717) is 11.1 Å². The third-order valence-electron chi connectivity index (χ3n) is 5.22. The first-order valence-corrected chi connectivity index (χ1v) is 10.8. The highest BCUT2D eigenvalue weighted by Crippen LogP contribution is 2.19. The molecule has 150 valence electrons. The summed E-state index contributed by atoms with van der Waals surface area (Å²) >= 11 is 3.42. The summed E-state index contributed by atoms with van der Waals surface area (Å²) in [6.45, 7) is 2.02. The minimum absolute atomic E-state index is 0.139. The molecule has 0 radical (unpaired) electrons. The molecule has 1 aliphatic rings. The van der Waals surface area contributed by atoms with Crippen LogP contribution >= 0.6 is 15.9 Å². The maximum atomic E-state index is 13.1. The topological polar surface area (TPSA) is 66.6 Å². The smallest absolute Gasteiger partial charge is 0.257 e. The standard InChI is InChI=1S/C23H24BrN3O2/c1-15-7-12-21-16(13-15)14-20(22(28)25-18-5-3-2-4-6-18)23(29-21)27-26-19-10-8-17(24)9-11-19/h7-14,18,26H,2-6H2,1H3,(H,25,28)/b27-23+. The molecule has 0 unspecified atom stereocenters. The van der Waals surface area contributed by atoms with Crippen molar-refractivity contribution in [3.63, 3.8) is 0 Å². The van der Waals surface area contributed by atoms with E-state index in [-0.39, 0.29) is 17.5 Å². The minimum atomic E-state index is -0.139. The van der Waals surface area contributed by atoms with Gasteiger partial charge in [-0.15, -0.1) is 5.10 Å². The molecule has 29 heavy (non-hydrogen) atoms. The molecule has 1 amide bonds. The average Bonchev–Trinajstić information content (AvgIpc) is 2.73. The van der Waals surface area contributed by atoms with Crippen molar-refractivity contribution in [2.45, 2.75) is 45.1 Å². The second-order valence-electron chi connectivity index (χ2n) is 7.55. The van der Waals surface area contributed by atoms with Gasteiger partial charge in [0, 0.05) is 15.9 Å². The third kappa shape index (κ3) is 4.88. The maximum absolute atomic E-state index is 13.1. The lowest BCUT2D eigenvalue weighted by atomic mass is 9.95. The molecule has 1 aliphatic carbocycles. The summed E-state index contributed by atoms with van der Waals surface area (Å²) in [7, 11) is 0. The minimum Gasteiger partial charge on any atom is -0.436 e. The molecule has 0 atom stereocenters. The monoisotopic (exact) mass is 453 g/mol. The second kappa shape index (κ2) is 8.82. The summed E-state index contributed by atoms with van der Waals surface area (Å²) in [5.74, 6) is -0.139. The van der Waals surface area contributed by atoms with Gasteiger partial charge in [0.1, 0.15) is 11.1 Å². The molecule has 5 nitrogen and oxygen atoms in total. The molecule has 0 spiro atoms. The van der Waals surface area contributed by atoms with E-state index in [1.54, 1.807) is 0 Å². The molecule has 1 saturated carbocycles. The quantitative estimate of drug-likeness (QED) is 0.512. The van der Waals surface area contributed by atoms with E-state index in [4.69, 9.17) is 4.42 Å². The van der Waals surface area contributed by atoms with Gasteiger partial charge in [-0.2, -0.15) is 0 Å². The number of nitrogens with one attached hydrogen (secondary N) is 2. The highest BCUT2D eigenvalue weighted by molar-refractivity contribution is 9.10. The average molecular weight is 454 g/mol. The van der Waals surface area contributed by atoms with Gasteiger partial charge >= 0.3 is 0 Å². The number of aryl methyl sites for hydroxylation is 1. The van der Waals surface area contributed by atoms with E-state index < -0.39 is 0 Å². The van der Waals surface area contributed by atoms with Crippen LogP contribution in [0.4, 0.5) is 5.69 Å². The molecule has 1 fully saturated rings. The van der Waals surface area contributed by atoms with E-state index in [1.165, 1.54) is 6.42 Å². The van der Waals surface area contributed by atoms with Crippen molar-refractivity contribution in [1.29, 1.82) is 0 Å². The second-order valence-corrected chi connectivity index (χ2v) is 8.46.